The Kier molecular flexibility index (Phi) is 2.76. The second-order valence-electron chi connectivity index (χ2n) is 2.14. The lowest BCUT2D eigenvalue weighted by atomic mass is 10.2. The Morgan fingerprint density at radius 3 is 2.82 bits per heavy atom. The molecular formula is C8H8BrNO. The first-order chi connectivity index (χ1) is 5.24. The molecule has 0 saturated heterocycles. The molecule has 1 aromatic heterocycles. The Balaban J connectivity index is 2.90. The van der Waals surface area contributed by atoms with E-state index in [2.05, 4.69) is 20.9 Å². The van der Waals surface area contributed by atoms with Crippen molar-refractivity contribution in [2.45, 2.75) is 13.3 Å². The fourth-order valence-electron chi connectivity index (χ4n) is 0.722. The number of hydrogen-bond donors (Lipinski definition) is 0. The van der Waals surface area contributed by atoms with Crippen molar-refractivity contribution in [3.8, 4) is 0 Å². The highest BCUT2D eigenvalue weighted by Gasteiger charge is 2.02. The number of rotatable bonds is 2. The van der Waals surface area contributed by atoms with Gasteiger partial charge in [0.1, 0.15) is 5.69 Å². The van der Waals surface area contributed by atoms with E-state index in [1.165, 1.54) is 0 Å². The number of ketones is 1. The SMILES string of the molecule is CCC(=O)c1ccc(Br)cn1. The Bertz CT molecular complexity index is 255. The van der Waals surface area contributed by atoms with Crippen LogP contribution < -0.4 is 0 Å². The highest BCUT2D eigenvalue weighted by Crippen LogP contribution is 2.08. The molecule has 0 spiro atoms. The van der Waals surface area contributed by atoms with Crippen molar-refractivity contribution < 1.29 is 4.79 Å². The molecule has 58 valence electrons. The summed E-state index contributed by atoms with van der Waals surface area (Å²) in [5.41, 5.74) is 0.538. The van der Waals surface area contributed by atoms with Crippen LogP contribution in [0.2, 0.25) is 0 Å². The van der Waals surface area contributed by atoms with Gasteiger partial charge in [0.05, 0.1) is 0 Å². The van der Waals surface area contributed by atoms with Gasteiger partial charge in [-0.15, -0.1) is 0 Å². The van der Waals surface area contributed by atoms with Crippen molar-refractivity contribution in [3.05, 3.63) is 28.5 Å². The molecule has 1 heterocycles. The fraction of sp³-hybridized carbons (Fsp3) is 0.250. The van der Waals surface area contributed by atoms with E-state index in [1.807, 2.05) is 13.0 Å². The average Bonchev–Trinajstić information content (AvgIpc) is 2.05. The lowest BCUT2D eigenvalue weighted by Crippen LogP contribution is -1.98. The van der Waals surface area contributed by atoms with Crippen molar-refractivity contribution in [1.82, 2.24) is 4.98 Å². The molecule has 0 atom stereocenters. The van der Waals surface area contributed by atoms with E-state index in [4.69, 9.17) is 0 Å². The third kappa shape index (κ3) is 2.12. The minimum absolute atomic E-state index is 0.0810. The number of hydrogen-bond acceptors (Lipinski definition) is 2. The van der Waals surface area contributed by atoms with Crippen LogP contribution >= 0.6 is 15.9 Å². The van der Waals surface area contributed by atoms with E-state index >= 15 is 0 Å². The molecule has 1 aromatic rings. The van der Waals surface area contributed by atoms with Gasteiger partial charge in [-0.25, -0.2) is 0 Å². The first-order valence-corrected chi connectivity index (χ1v) is 4.18. The third-order valence-corrected chi connectivity index (χ3v) is 1.80. The van der Waals surface area contributed by atoms with Crippen molar-refractivity contribution in [2.24, 2.45) is 0 Å². The van der Waals surface area contributed by atoms with Crippen LogP contribution in [0.25, 0.3) is 0 Å². The summed E-state index contributed by atoms with van der Waals surface area (Å²) in [5, 5.41) is 0. The summed E-state index contributed by atoms with van der Waals surface area (Å²) < 4.78 is 0.894. The molecule has 0 N–H and O–H groups in total. The smallest absolute Gasteiger partial charge is 0.180 e. The Morgan fingerprint density at radius 1 is 1.64 bits per heavy atom. The summed E-state index contributed by atoms with van der Waals surface area (Å²) in [4.78, 5) is 15.0. The highest BCUT2D eigenvalue weighted by atomic mass is 79.9. The van der Waals surface area contributed by atoms with Gasteiger partial charge in [0.25, 0.3) is 0 Å². The van der Waals surface area contributed by atoms with E-state index in [1.54, 1.807) is 12.3 Å². The molecule has 0 saturated carbocycles. The van der Waals surface area contributed by atoms with E-state index in [0.29, 0.717) is 12.1 Å². The number of carbonyl (C=O) groups excluding carboxylic acids is 1. The molecule has 0 fully saturated rings. The number of nitrogens with zero attached hydrogens (tertiary/aromatic N) is 1. The Hall–Kier alpha value is -0.700. The summed E-state index contributed by atoms with van der Waals surface area (Å²) in [6.07, 6.45) is 2.14. The molecule has 0 unspecified atom stereocenters. The molecule has 11 heavy (non-hydrogen) atoms. The number of pyridine rings is 1. The molecule has 2 nitrogen and oxygen atoms in total. The zero-order valence-corrected chi connectivity index (χ0v) is 7.76. The lowest BCUT2D eigenvalue weighted by molar-refractivity contribution is 0.0983. The van der Waals surface area contributed by atoms with Crippen molar-refractivity contribution in [1.29, 1.82) is 0 Å². The number of Topliss-reactive ketones (excluding diaryl/α,β-unsaturated/α-hetero) is 1. The summed E-state index contributed by atoms with van der Waals surface area (Å²) in [6, 6.07) is 3.53. The second-order valence-corrected chi connectivity index (χ2v) is 3.05. The molecule has 0 amide bonds. The summed E-state index contributed by atoms with van der Waals surface area (Å²) in [7, 11) is 0. The Morgan fingerprint density at radius 2 is 2.36 bits per heavy atom. The molecule has 0 aliphatic carbocycles. The lowest BCUT2D eigenvalue weighted by Gasteiger charge is -1.94. The summed E-state index contributed by atoms with van der Waals surface area (Å²) in [6.45, 7) is 1.83. The van der Waals surface area contributed by atoms with Crippen molar-refractivity contribution in [2.75, 3.05) is 0 Å². The van der Waals surface area contributed by atoms with Crippen LogP contribution in [-0.2, 0) is 0 Å². The topological polar surface area (TPSA) is 30.0 Å². The predicted molar refractivity (Wildman–Crippen MR) is 46.6 cm³/mol. The number of aromatic nitrogens is 1. The monoisotopic (exact) mass is 213 g/mol. The van der Waals surface area contributed by atoms with E-state index in [0.717, 1.165) is 4.47 Å². The van der Waals surface area contributed by atoms with Crippen LogP contribution in [0.5, 0.6) is 0 Å². The summed E-state index contributed by atoms with van der Waals surface area (Å²) >= 11 is 3.24. The largest absolute Gasteiger partial charge is 0.292 e. The van der Waals surface area contributed by atoms with Gasteiger partial charge in [-0.1, -0.05) is 6.92 Å². The van der Waals surface area contributed by atoms with Gasteiger partial charge in [-0.05, 0) is 28.1 Å². The van der Waals surface area contributed by atoms with Crippen LogP contribution in [0.4, 0.5) is 0 Å². The van der Waals surface area contributed by atoms with Crippen LogP contribution in [0.3, 0.4) is 0 Å². The van der Waals surface area contributed by atoms with E-state index < -0.39 is 0 Å². The minimum Gasteiger partial charge on any atom is -0.292 e. The second kappa shape index (κ2) is 3.62. The van der Waals surface area contributed by atoms with Crippen LogP contribution in [0, 0.1) is 0 Å². The fourth-order valence-corrected chi connectivity index (χ4v) is 0.956. The molecule has 0 aliphatic rings. The van der Waals surface area contributed by atoms with Crippen LogP contribution in [0.1, 0.15) is 23.8 Å². The molecule has 0 bridgehead atoms. The van der Waals surface area contributed by atoms with Gasteiger partial charge in [0.15, 0.2) is 5.78 Å². The minimum atomic E-state index is 0.0810. The standard InChI is InChI=1S/C8H8BrNO/c1-2-8(11)7-4-3-6(9)5-10-7/h3-5H,2H2,1H3. The van der Waals surface area contributed by atoms with E-state index in [-0.39, 0.29) is 5.78 Å². The van der Waals surface area contributed by atoms with Crippen molar-refractivity contribution in [3.63, 3.8) is 0 Å². The average molecular weight is 214 g/mol. The molecular weight excluding hydrogens is 206 g/mol. The van der Waals surface area contributed by atoms with Gasteiger partial charge in [0.2, 0.25) is 0 Å². The maximum absolute atomic E-state index is 11.0. The highest BCUT2D eigenvalue weighted by molar-refractivity contribution is 9.10. The first-order valence-electron chi connectivity index (χ1n) is 3.38. The molecule has 0 radical (unpaired) electrons. The first kappa shape index (κ1) is 8.40. The normalized spacial score (nSPS) is 9.64. The molecule has 0 aliphatic heterocycles. The zero-order chi connectivity index (χ0) is 8.27. The van der Waals surface area contributed by atoms with Gasteiger partial charge >= 0.3 is 0 Å². The number of halogens is 1. The third-order valence-electron chi connectivity index (χ3n) is 1.33. The van der Waals surface area contributed by atoms with Gasteiger partial charge in [-0.3, -0.25) is 9.78 Å². The Labute approximate surface area is 73.8 Å². The molecule has 0 aromatic carbocycles. The number of carbonyl (C=O) groups is 1. The molecule has 3 heteroatoms. The van der Waals surface area contributed by atoms with Crippen LogP contribution in [0.15, 0.2) is 22.8 Å². The van der Waals surface area contributed by atoms with Gasteiger partial charge < -0.3 is 0 Å². The van der Waals surface area contributed by atoms with E-state index in [9.17, 15) is 4.79 Å². The van der Waals surface area contributed by atoms with Crippen LogP contribution in [-0.4, -0.2) is 10.8 Å². The maximum atomic E-state index is 11.0. The van der Waals surface area contributed by atoms with Gasteiger partial charge in [0, 0.05) is 17.1 Å². The zero-order valence-electron chi connectivity index (χ0n) is 6.17. The maximum Gasteiger partial charge on any atom is 0.180 e. The predicted octanol–water partition coefficient (Wildman–Crippen LogP) is 2.44. The quantitative estimate of drug-likeness (QED) is 0.707. The molecule has 1 rings (SSSR count). The van der Waals surface area contributed by atoms with Gasteiger partial charge in [-0.2, -0.15) is 0 Å². The summed E-state index contributed by atoms with van der Waals surface area (Å²) in [5.74, 6) is 0.0810. The van der Waals surface area contributed by atoms with Crippen molar-refractivity contribution >= 4 is 21.7 Å².